The summed E-state index contributed by atoms with van der Waals surface area (Å²) in [5, 5.41) is 16.5. The molecule has 27 heavy (non-hydrogen) atoms. The van der Waals surface area contributed by atoms with Crippen molar-refractivity contribution in [3.05, 3.63) is 47.4 Å². The second kappa shape index (κ2) is 9.05. The Labute approximate surface area is 167 Å². The molecule has 0 aliphatic rings. The van der Waals surface area contributed by atoms with Crippen LogP contribution in [-0.4, -0.2) is 36.2 Å². The minimum absolute atomic E-state index is 0.116. The number of halogens is 1. The first kappa shape index (κ1) is 19.4. The number of thioether (sulfide) groups is 1. The predicted molar refractivity (Wildman–Crippen MR) is 108 cm³/mol. The summed E-state index contributed by atoms with van der Waals surface area (Å²) >= 11 is 7.52. The molecule has 0 radical (unpaired) electrons. The molecule has 1 aromatic carbocycles. The lowest BCUT2D eigenvalue weighted by Gasteiger charge is -2.09. The van der Waals surface area contributed by atoms with E-state index in [1.165, 1.54) is 11.8 Å². The number of unbranched alkanes of at least 4 members (excludes halogenated alkanes) is 1. The largest absolute Gasteiger partial charge is 0.310 e. The maximum atomic E-state index is 12.3. The molecule has 0 unspecified atom stereocenters. The number of carbonyl (C=O) groups is 1. The van der Waals surface area contributed by atoms with Crippen LogP contribution in [0.15, 0.2) is 41.9 Å². The summed E-state index contributed by atoms with van der Waals surface area (Å²) in [6.45, 7) is 4.86. The van der Waals surface area contributed by atoms with Crippen molar-refractivity contribution >= 4 is 35.1 Å². The van der Waals surface area contributed by atoms with Gasteiger partial charge in [-0.2, -0.15) is 5.10 Å². The highest BCUT2D eigenvalue weighted by Gasteiger charge is 2.12. The van der Waals surface area contributed by atoms with Gasteiger partial charge in [-0.3, -0.25) is 9.36 Å². The lowest BCUT2D eigenvalue weighted by Crippen LogP contribution is -2.18. The van der Waals surface area contributed by atoms with Gasteiger partial charge in [0.05, 0.1) is 17.6 Å². The summed E-state index contributed by atoms with van der Waals surface area (Å²) in [4.78, 5) is 12.3. The Balaban J connectivity index is 1.62. The molecule has 0 atom stereocenters. The molecular weight excluding hydrogens is 384 g/mol. The van der Waals surface area contributed by atoms with Crippen LogP contribution in [-0.2, 0) is 11.3 Å². The van der Waals surface area contributed by atoms with Gasteiger partial charge >= 0.3 is 0 Å². The summed E-state index contributed by atoms with van der Waals surface area (Å²) in [6.07, 6.45) is 5.39. The first-order valence-corrected chi connectivity index (χ1v) is 10.1. The highest BCUT2D eigenvalue weighted by atomic mass is 35.5. The van der Waals surface area contributed by atoms with Gasteiger partial charge in [-0.15, -0.1) is 10.2 Å². The summed E-state index contributed by atoms with van der Waals surface area (Å²) < 4.78 is 3.62. The molecule has 9 heteroatoms. The van der Waals surface area contributed by atoms with E-state index in [0.29, 0.717) is 16.0 Å². The van der Waals surface area contributed by atoms with Crippen molar-refractivity contribution in [2.75, 3.05) is 11.1 Å². The van der Waals surface area contributed by atoms with Crippen LogP contribution in [0.3, 0.4) is 0 Å². The smallest absolute Gasteiger partial charge is 0.235 e. The molecule has 142 valence electrons. The third-order valence-electron chi connectivity index (χ3n) is 3.99. The van der Waals surface area contributed by atoms with Crippen LogP contribution in [0, 0.1) is 6.92 Å². The quantitative estimate of drug-likeness (QED) is 0.575. The number of nitrogens with one attached hydrogen (secondary N) is 1. The number of hydrogen-bond donors (Lipinski definition) is 1. The van der Waals surface area contributed by atoms with Gasteiger partial charge in [0.2, 0.25) is 5.91 Å². The number of nitrogens with zero attached hydrogens (tertiary/aromatic N) is 5. The zero-order valence-electron chi connectivity index (χ0n) is 15.2. The third-order valence-corrected chi connectivity index (χ3v) is 5.34. The zero-order chi connectivity index (χ0) is 19.2. The topological polar surface area (TPSA) is 77.6 Å². The average molecular weight is 405 g/mol. The van der Waals surface area contributed by atoms with Crippen molar-refractivity contribution in [3.63, 3.8) is 0 Å². The number of anilines is 1. The fourth-order valence-corrected chi connectivity index (χ4v) is 3.37. The summed E-state index contributed by atoms with van der Waals surface area (Å²) in [7, 11) is 0. The Bertz CT molecular complexity index is 922. The van der Waals surface area contributed by atoms with Crippen molar-refractivity contribution in [3.8, 4) is 5.69 Å². The van der Waals surface area contributed by atoms with E-state index in [0.717, 1.165) is 30.6 Å². The lowest BCUT2D eigenvalue weighted by molar-refractivity contribution is -0.113. The molecule has 2 aromatic heterocycles. The van der Waals surface area contributed by atoms with Gasteiger partial charge in [0.15, 0.2) is 5.16 Å². The maximum Gasteiger partial charge on any atom is 0.235 e. The fraction of sp³-hybridized carbons (Fsp3) is 0.333. The maximum absolute atomic E-state index is 12.3. The molecule has 1 N–H and O–H groups in total. The molecule has 7 nitrogen and oxygen atoms in total. The standard InChI is InChI=1S/C18H21ClN6OS/c1-3-4-9-25-16(7-8-21-25)22-17(26)11-27-18-23-20-12-24(18)14-6-5-13(2)15(19)10-14/h5-8,10,12H,3-4,9,11H2,1-2H3,(H,22,26). The van der Waals surface area contributed by atoms with Gasteiger partial charge in [-0.05, 0) is 31.0 Å². The molecule has 0 spiro atoms. The Kier molecular flexibility index (Phi) is 6.52. The highest BCUT2D eigenvalue weighted by Crippen LogP contribution is 2.24. The van der Waals surface area contributed by atoms with Gasteiger partial charge in [0.25, 0.3) is 0 Å². The third kappa shape index (κ3) is 4.90. The van der Waals surface area contributed by atoms with E-state index in [1.807, 2.05) is 34.4 Å². The number of benzene rings is 1. The van der Waals surface area contributed by atoms with Crippen LogP contribution in [0.1, 0.15) is 25.3 Å². The molecule has 0 aliphatic carbocycles. The number of aromatic nitrogens is 5. The van der Waals surface area contributed by atoms with Crippen LogP contribution in [0.25, 0.3) is 5.69 Å². The van der Waals surface area contributed by atoms with E-state index in [9.17, 15) is 4.79 Å². The van der Waals surface area contributed by atoms with Crippen LogP contribution >= 0.6 is 23.4 Å². The fourth-order valence-electron chi connectivity index (χ4n) is 2.47. The molecule has 0 aliphatic heterocycles. The Morgan fingerprint density at radius 3 is 2.96 bits per heavy atom. The second-order valence-corrected chi connectivity index (χ2v) is 7.40. The second-order valence-electron chi connectivity index (χ2n) is 6.05. The van der Waals surface area contributed by atoms with Gasteiger partial charge in [-0.1, -0.05) is 42.8 Å². The van der Waals surface area contributed by atoms with Crippen molar-refractivity contribution in [1.82, 2.24) is 24.5 Å². The molecule has 1 amide bonds. The molecule has 3 aromatic rings. The highest BCUT2D eigenvalue weighted by molar-refractivity contribution is 7.99. The van der Waals surface area contributed by atoms with Crippen molar-refractivity contribution < 1.29 is 4.79 Å². The minimum atomic E-state index is -0.116. The number of amides is 1. The summed E-state index contributed by atoms with van der Waals surface area (Å²) in [5.41, 5.74) is 1.86. The minimum Gasteiger partial charge on any atom is -0.310 e. The molecule has 0 bridgehead atoms. The zero-order valence-corrected chi connectivity index (χ0v) is 16.8. The van der Waals surface area contributed by atoms with E-state index in [-0.39, 0.29) is 11.7 Å². The number of carbonyl (C=O) groups excluding carboxylic acids is 1. The van der Waals surface area contributed by atoms with Crippen LogP contribution in [0.5, 0.6) is 0 Å². The van der Waals surface area contributed by atoms with E-state index < -0.39 is 0 Å². The first-order chi connectivity index (χ1) is 13.1. The summed E-state index contributed by atoms with van der Waals surface area (Å²) in [5.74, 6) is 0.813. The molecule has 0 saturated carbocycles. The van der Waals surface area contributed by atoms with E-state index >= 15 is 0 Å². The lowest BCUT2D eigenvalue weighted by atomic mass is 10.2. The van der Waals surface area contributed by atoms with Gasteiger partial charge in [0, 0.05) is 17.6 Å². The van der Waals surface area contributed by atoms with Gasteiger partial charge in [0.1, 0.15) is 12.1 Å². The molecule has 3 rings (SSSR count). The van der Waals surface area contributed by atoms with E-state index in [1.54, 1.807) is 18.6 Å². The average Bonchev–Trinajstić information content (AvgIpc) is 3.30. The Morgan fingerprint density at radius 1 is 1.33 bits per heavy atom. The van der Waals surface area contributed by atoms with Gasteiger partial charge in [-0.25, -0.2) is 4.68 Å². The first-order valence-electron chi connectivity index (χ1n) is 8.69. The Hall–Kier alpha value is -2.32. The van der Waals surface area contributed by atoms with E-state index in [2.05, 4.69) is 27.5 Å². The molecular formula is C18H21ClN6OS. The van der Waals surface area contributed by atoms with Crippen LogP contribution < -0.4 is 5.32 Å². The molecule has 0 saturated heterocycles. The van der Waals surface area contributed by atoms with Crippen LogP contribution in [0.4, 0.5) is 5.82 Å². The van der Waals surface area contributed by atoms with Crippen LogP contribution in [0.2, 0.25) is 5.02 Å². The SMILES string of the molecule is CCCCn1nccc1NC(=O)CSc1nncn1-c1ccc(C)c(Cl)c1. The monoisotopic (exact) mass is 404 g/mol. The predicted octanol–water partition coefficient (Wildman–Crippen LogP) is 3.96. The van der Waals surface area contributed by atoms with Crippen molar-refractivity contribution in [2.45, 2.75) is 38.4 Å². The molecule has 0 fully saturated rings. The van der Waals surface area contributed by atoms with Crippen molar-refractivity contribution in [1.29, 1.82) is 0 Å². The Morgan fingerprint density at radius 2 is 2.19 bits per heavy atom. The van der Waals surface area contributed by atoms with Crippen molar-refractivity contribution in [2.24, 2.45) is 0 Å². The van der Waals surface area contributed by atoms with Gasteiger partial charge < -0.3 is 5.32 Å². The molecule has 2 heterocycles. The summed E-state index contributed by atoms with van der Waals surface area (Å²) in [6, 6.07) is 7.54. The normalized spacial score (nSPS) is 10.9. The number of rotatable bonds is 8. The number of hydrogen-bond acceptors (Lipinski definition) is 5. The van der Waals surface area contributed by atoms with E-state index in [4.69, 9.17) is 11.6 Å². The number of aryl methyl sites for hydroxylation is 2.